The summed E-state index contributed by atoms with van der Waals surface area (Å²) in [7, 11) is -1.94. The summed E-state index contributed by atoms with van der Waals surface area (Å²) in [5.74, 6) is 0. The van der Waals surface area contributed by atoms with Gasteiger partial charge in [-0.25, -0.2) is 8.42 Å². The fourth-order valence-electron chi connectivity index (χ4n) is 1.32. The average Bonchev–Trinajstić information content (AvgIpc) is 2.34. The van der Waals surface area contributed by atoms with Crippen LogP contribution in [0, 0.1) is 11.3 Å². The number of nitriles is 1. The van der Waals surface area contributed by atoms with Crippen molar-refractivity contribution in [3.05, 3.63) is 35.2 Å². The minimum atomic E-state index is -5.48. The van der Waals surface area contributed by atoms with Crippen molar-refractivity contribution in [2.45, 2.75) is 5.51 Å². The lowest BCUT2D eigenvalue weighted by atomic mass is 10.1. The van der Waals surface area contributed by atoms with Crippen molar-refractivity contribution >= 4 is 21.1 Å². The van der Waals surface area contributed by atoms with Gasteiger partial charge in [0, 0.05) is 19.8 Å². The van der Waals surface area contributed by atoms with Gasteiger partial charge in [-0.3, -0.25) is 0 Å². The number of halogens is 3. The molecule has 0 atom stereocenters. The molecule has 4 nitrogen and oxygen atoms in total. The third-order valence-corrected chi connectivity index (χ3v) is 3.60. The second kappa shape index (κ2) is 5.54. The van der Waals surface area contributed by atoms with E-state index in [4.69, 9.17) is 5.26 Å². The molecule has 0 amide bonds. The minimum Gasteiger partial charge on any atom is -0.378 e. The summed E-state index contributed by atoms with van der Waals surface area (Å²) < 4.78 is 58.8. The van der Waals surface area contributed by atoms with Crippen molar-refractivity contribution < 1.29 is 21.6 Å². The van der Waals surface area contributed by atoms with Crippen LogP contribution in [0.2, 0.25) is 0 Å². The van der Waals surface area contributed by atoms with Crippen LogP contribution in [-0.2, 0) is 9.84 Å². The predicted octanol–water partition coefficient (Wildman–Crippen LogP) is 2.55. The second-order valence-corrected chi connectivity index (χ2v) is 5.86. The molecule has 0 aliphatic heterocycles. The summed E-state index contributed by atoms with van der Waals surface area (Å²) >= 11 is 0. The maximum absolute atomic E-state index is 12.3. The van der Waals surface area contributed by atoms with Gasteiger partial charge in [-0.1, -0.05) is 12.1 Å². The Morgan fingerprint density at radius 2 is 1.75 bits per heavy atom. The van der Waals surface area contributed by atoms with Gasteiger partial charge in [0.1, 0.15) is 6.07 Å². The van der Waals surface area contributed by atoms with Gasteiger partial charge in [-0.15, -0.1) is 0 Å². The summed E-state index contributed by atoms with van der Waals surface area (Å²) in [6.45, 7) is 0. The van der Waals surface area contributed by atoms with Gasteiger partial charge in [0.2, 0.25) is 0 Å². The Labute approximate surface area is 114 Å². The summed E-state index contributed by atoms with van der Waals surface area (Å²) in [6, 6.07) is 7.37. The Balaban J connectivity index is 3.25. The minimum absolute atomic E-state index is 0.0579. The zero-order valence-electron chi connectivity index (χ0n) is 10.6. The van der Waals surface area contributed by atoms with E-state index in [-0.39, 0.29) is 11.0 Å². The maximum Gasteiger partial charge on any atom is 0.501 e. The number of hydrogen-bond acceptors (Lipinski definition) is 4. The molecule has 0 aromatic heterocycles. The highest BCUT2D eigenvalue weighted by Gasteiger charge is 2.44. The fourth-order valence-corrected chi connectivity index (χ4v) is 1.95. The molecule has 1 rings (SSSR count). The van der Waals surface area contributed by atoms with Crippen molar-refractivity contribution in [2.24, 2.45) is 0 Å². The van der Waals surface area contributed by atoms with E-state index in [1.54, 1.807) is 31.1 Å². The number of rotatable bonds is 3. The molecule has 0 aliphatic rings. The molecule has 0 fully saturated rings. The normalized spacial score (nSPS) is 12.9. The molecule has 0 bridgehead atoms. The molecule has 0 aliphatic carbocycles. The Bertz CT molecular complexity index is 653. The molecule has 8 heteroatoms. The van der Waals surface area contributed by atoms with Crippen LogP contribution in [-0.4, -0.2) is 28.0 Å². The van der Waals surface area contributed by atoms with Crippen molar-refractivity contribution in [1.29, 1.82) is 5.26 Å². The van der Waals surface area contributed by atoms with E-state index in [1.165, 1.54) is 18.2 Å². The van der Waals surface area contributed by atoms with E-state index in [0.29, 0.717) is 0 Å². The van der Waals surface area contributed by atoms with Gasteiger partial charge in [0.25, 0.3) is 9.84 Å². The first-order chi connectivity index (χ1) is 9.08. The molecule has 0 saturated heterocycles. The first-order valence-electron chi connectivity index (χ1n) is 5.29. The zero-order chi connectivity index (χ0) is 15.6. The van der Waals surface area contributed by atoms with Gasteiger partial charge in [0.05, 0.1) is 11.0 Å². The zero-order valence-corrected chi connectivity index (χ0v) is 11.5. The van der Waals surface area contributed by atoms with E-state index in [9.17, 15) is 21.6 Å². The third-order valence-electron chi connectivity index (χ3n) is 2.41. The number of anilines is 1. The molecular weight excluding hydrogens is 293 g/mol. The standard InChI is InChI=1S/C12H11F3N2O2S/c1-17(2)11-5-3-9(4-6-11)10(7-16)8-20(18,19)12(13,14)15/h3-6,8H,1-2H3. The maximum atomic E-state index is 12.3. The first kappa shape index (κ1) is 16.0. The molecular formula is C12H11F3N2O2S. The number of benzene rings is 1. The van der Waals surface area contributed by atoms with Crippen LogP contribution in [0.4, 0.5) is 18.9 Å². The molecule has 0 saturated carbocycles. The highest BCUT2D eigenvalue weighted by Crippen LogP contribution is 2.28. The highest BCUT2D eigenvalue weighted by molar-refractivity contribution is 7.95. The predicted molar refractivity (Wildman–Crippen MR) is 69.3 cm³/mol. The summed E-state index contributed by atoms with van der Waals surface area (Å²) in [5, 5.41) is 8.77. The largest absolute Gasteiger partial charge is 0.501 e. The number of alkyl halides is 3. The lowest BCUT2D eigenvalue weighted by molar-refractivity contribution is -0.0423. The summed E-state index contributed by atoms with van der Waals surface area (Å²) in [5.41, 5.74) is -5.11. The van der Waals surface area contributed by atoms with Crippen LogP contribution in [0.3, 0.4) is 0 Å². The number of sulfone groups is 1. The summed E-state index contributed by atoms with van der Waals surface area (Å²) in [4.78, 5) is 1.76. The quantitative estimate of drug-likeness (QED) is 0.805. The van der Waals surface area contributed by atoms with Crippen molar-refractivity contribution in [3.63, 3.8) is 0 Å². The number of nitrogens with zero attached hydrogens (tertiary/aromatic N) is 2. The highest BCUT2D eigenvalue weighted by atomic mass is 32.2. The van der Waals surface area contributed by atoms with Crippen LogP contribution in [0.25, 0.3) is 5.57 Å². The van der Waals surface area contributed by atoms with Gasteiger partial charge in [0.15, 0.2) is 0 Å². The molecule has 20 heavy (non-hydrogen) atoms. The second-order valence-electron chi connectivity index (χ2n) is 4.08. The lowest BCUT2D eigenvalue weighted by Crippen LogP contribution is -2.20. The Morgan fingerprint density at radius 1 is 1.25 bits per heavy atom. The molecule has 1 aromatic carbocycles. The van der Waals surface area contributed by atoms with Crippen LogP contribution >= 0.6 is 0 Å². The Hall–Kier alpha value is -2.01. The van der Waals surface area contributed by atoms with Crippen LogP contribution in [0.1, 0.15) is 5.56 Å². The van der Waals surface area contributed by atoms with E-state index >= 15 is 0 Å². The van der Waals surface area contributed by atoms with Crippen molar-refractivity contribution in [3.8, 4) is 6.07 Å². The average molecular weight is 304 g/mol. The van der Waals surface area contributed by atoms with Crippen molar-refractivity contribution in [2.75, 3.05) is 19.0 Å². The molecule has 0 heterocycles. The first-order valence-corrected chi connectivity index (χ1v) is 6.84. The van der Waals surface area contributed by atoms with Crippen LogP contribution in [0.15, 0.2) is 29.7 Å². The topological polar surface area (TPSA) is 61.2 Å². The monoisotopic (exact) mass is 304 g/mol. The fraction of sp³-hybridized carbons (Fsp3) is 0.250. The third kappa shape index (κ3) is 3.51. The number of allylic oxidation sites excluding steroid dienone is 1. The Morgan fingerprint density at radius 3 is 2.10 bits per heavy atom. The lowest BCUT2D eigenvalue weighted by Gasteiger charge is -2.12. The summed E-state index contributed by atoms with van der Waals surface area (Å²) in [6.07, 6.45) is 0. The van der Waals surface area contributed by atoms with Gasteiger partial charge in [-0.05, 0) is 17.7 Å². The molecule has 108 valence electrons. The van der Waals surface area contributed by atoms with E-state index in [0.717, 1.165) is 5.69 Å². The van der Waals surface area contributed by atoms with E-state index in [2.05, 4.69) is 0 Å². The molecule has 0 N–H and O–H groups in total. The smallest absolute Gasteiger partial charge is 0.378 e. The SMILES string of the molecule is CN(C)c1ccc(C(C#N)=CS(=O)(=O)C(F)(F)F)cc1. The Kier molecular flexibility index (Phi) is 4.45. The van der Waals surface area contributed by atoms with Gasteiger partial charge < -0.3 is 4.90 Å². The van der Waals surface area contributed by atoms with Crippen LogP contribution < -0.4 is 4.90 Å². The van der Waals surface area contributed by atoms with Crippen molar-refractivity contribution in [1.82, 2.24) is 0 Å². The molecule has 1 aromatic rings. The molecule has 0 spiro atoms. The molecule has 0 radical (unpaired) electrons. The van der Waals surface area contributed by atoms with Gasteiger partial charge in [-0.2, -0.15) is 18.4 Å². The van der Waals surface area contributed by atoms with E-state index in [1.807, 2.05) is 0 Å². The molecule has 0 unspecified atom stereocenters. The van der Waals surface area contributed by atoms with Gasteiger partial charge >= 0.3 is 5.51 Å². The number of hydrogen-bond donors (Lipinski definition) is 0. The van der Waals surface area contributed by atoms with E-state index < -0.39 is 20.9 Å². The van der Waals surface area contributed by atoms with Crippen LogP contribution in [0.5, 0.6) is 0 Å².